The van der Waals surface area contributed by atoms with E-state index in [2.05, 4.69) is 35.8 Å². The Morgan fingerprint density at radius 1 is 1.35 bits per heavy atom. The third-order valence-corrected chi connectivity index (χ3v) is 4.32. The van der Waals surface area contributed by atoms with Crippen molar-refractivity contribution in [2.75, 3.05) is 13.1 Å². The molecule has 1 fully saturated rings. The molecule has 23 heavy (non-hydrogen) atoms. The zero-order valence-corrected chi connectivity index (χ0v) is 14.8. The summed E-state index contributed by atoms with van der Waals surface area (Å²) in [4.78, 5) is 14.1. The Kier molecular flexibility index (Phi) is 3.77. The number of rotatable bonds is 2. The van der Waals surface area contributed by atoms with Gasteiger partial charge in [0.2, 0.25) is 0 Å². The average Bonchev–Trinajstić information content (AvgIpc) is 3.14. The molecule has 0 N–H and O–H groups in total. The van der Waals surface area contributed by atoms with E-state index in [1.807, 2.05) is 27.0 Å². The molecule has 2 heterocycles. The predicted molar refractivity (Wildman–Crippen MR) is 90.1 cm³/mol. The maximum Gasteiger partial charge on any atom is 0.410 e. The SMILES string of the molecule is CC(C)(C)OC(=O)N1CC=C(c2ccnn2C2CC2)C(C)(C)C1. The minimum absolute atomic E-state index is 0.123. The highest BCUT2D eigenvalue weighted by molar-refractivity contribution is 5.74. The predicted octanol–water partition coefficient (Wildman–Crippen LogP) is 3.88. The second-order valence-corrected chi connectivity index (χ2v) is 8.25. The van der Waals surface area contributed by atoms with Crippen LogP contribution in [0.15, 0.2) is 18.3 Å². The molecule has 1 aliphatic heterocycles. The average molecular weight is 317 g/mol. The summed E-state index contributed by atoms with van der Waals surface area (Å²) in [6.45, 7) is 11.3. The van der Waals surface area contributed by atoms with E-state index in [0.29, 0.717) is 19.1 Å². The first-order valence-corrected chi connectivity index (χ1v) is 8.40. The minimum atomic E-state index is -0.462. The molecule has 0 radical (unpaired) electrons. The highest BCUT2D eigenvalue weighted by atomic mass is 16.6. The second kappa shape index (κ2) is 5.39. The number of ether oxygens (including phenoxy) is 1. The molecule has 0 aromatic carbocycles. The molecule has 1 amide bonds. The third-order valence-electron chi connectivity index (χ3n) is 4.32. The molecule has 0 spiro atoms. The lowest BCUT2D eigenvalue weighted by Crippen LogP contribution is -2.45. The molecule has 1 aromatic rings. The second-order valence-electron chi connectivity index (χ2n) is 8.25. The zero-order valence-electron chi connectivity index (χ0n) is 14.8. The van der Waals surface area contributed by atoms with Crippen LogP contribution < -0.4 is 0 Å². The lowest BCUT2D eigenvalue weighted by Gasteiger charge is -2.39. The number of nitrogens with zero attached hydrogens (tertiary/aromatic N) is 3. The molecule has 5 heteroatoms. The van der Waals surface area contributed by atoms with Crippen LogP contribution in [-0.4, -0.2) is 39.5 Å². The van der Waals surface area contributed by atoms with Gasteiger partial charge in [0.1, 0.15) is 5.60 Å². The Morgan fingerprint density at radius 2 is 2.04 bits per heavy atom. The third kappa shape index (κ3) is 3.43. The maximum atomic E-state index is 12.3. The van der Waals surface area contributed by atoms with Crippen LogP contribution in [0.1, 0.15) is 59.2 Å². The van der Waals surface area contributed by atoms with Gasteiger partial charge in [-0.15, -0.1) is 0 Å². The zero-order chi connectivity index (χ0) is 16.8. The fourth-order valence-corrected chi connectivity index (χ4v) is 3.16. The summed E-state index contributed by atoms with van der Waals surface area (Å²) in [5, 5.41) is 4.49. The number of amides is 1. The van der Waals surface area contributed by atoms with Crippen molar-refractivity contribution in [2.45, 2.75) is 59.1 Å². The van der Waals surface area contributed by atoms with Gasteiger partial charge in [-0.1, -0.05) is 19.9 Å². The molecular weight excluding hydrogens is 290 g/mol. The van der Waals surface area contributed by atoms with Gasteiger partial charge < -0.3 is 9.64 Å². The number of carbonyl (C=O) groups is 1. The number of hydrogen-bond donors (Lipinski definition) is 0. The fourth-order valence-electron chi connectivity index (χ4n) is 3.16. The van der Waals surface area contributed by atoms with Crippen molar-refractivity contribution >= 4 is 11.7 Å². The van der Waals surface area contributed by atoms with Gasteiger partial charge in [-0.3, -0.25) is 4.68 Å². The van der Waals surface area contributed by atoms with Crippen LogP contribution in [0.5, 0.6) is 0 Å². The van der Waals surface area contributed by atoms with Gasteiger partial charge in [0, 0.05) is 24.7 Å². The highest BCUT2D eigenvalue weighted by Crippen LogP contribution is 2.42. The quantitative estimate of drug-likeness (QED) is 0.831. The monoisotopic (exact) mass is 317 g/mol. The van der Waals surface area contributed by atoms with Gasteiger partial charge in [-0.05, 0) is 45.3 Å². The van der Waals surface area contributed by atoms with Crippen LogP contribution in [0.3, 0.4) is 0 Å². The standard InChI is InChI=1S/C18H27N3O2/c1-17(2,3)23-16(22)20-11-9-14(18(4,5)12-20)15-8-10-19-21(15)13-6-7-13/h8-10,13H,6-7,11-12H2,1-5H3. The molecule has 0 atom stereocenters. The van der Waals surface area contributed by atoms with E-state index in [1.165, 1.54) is 24.1 Å². The Hall–Kier alpha value is -1.78. The van der Waals surface area contributed by atoms with Crippen molar-refractivity contribution in [3.8, 4) is 0 Å². The van der Waals surface area contributed by atoms with Gasteiger partial charge in [0.25, 0.3) is 0 Å². The fraction of sp³-hybridized carbons (Fsp3) is 0.667. The van der Waals surface area contributed by atoms with Crippen LogP contribution in [0.2, 0.25) is 0 Å². The molecule has 1 saturated carbocycles. The molecule has 126 valence electrons. The molecule has 5 nitrogen and oxygen atoms in total. The molecule has 3 rings (SSSR count). The first kappa shape index (κ1) is 16.1. The van der Waals surface area contributed by atoms with Crippen molar-refractivity contribution in [1.29, 1.82) is 0 Å². The summed E-state index contributed by atoms with van der Waals surface area (Å²) in [6, 6.07) is 2.65. The van der Waals surface area contributed by atoms with Crippen molar-refractivity contribution in [2.24, 2.45) is 5.41 Å². The van der Waals surface area contributed by atoms with Crippen molar-refractivity contribution in [3.05, 3.63) is 24.0 Å². The summed E-state index contributed by atoms with van der Waals surface area (Å²) >= 11 is 0. The van der Waals surface area contributed by atoms with Crippen molar-refractivity contribution < 1.29 is 9.53 Å². The maximum absolute atomic E-state index is 12.3. The molecule has 0 unspecified atom stereocenters. The van der Waals surface area contributed by atoms with Crippen LogP contribution in [0.4, 0.5) is 4.79 Å². The lowest BCUT2D eigenvalue weighted by atomic mass is 9.79. The Morgan fingerprint density at radius 3 is 2.61 bits per heavy atom. The smallest absolute Gasteiger partial charge is 0.410 e. The normalized spacial score (nSPS) is 21.1. The van der Waals surface area contributed by atoms with Gasteiger partial charge in [-0.25, -0.2) is 4.79 Å². The Bertz CT molecular complexity index is 633. The largest absolute Gasteiger partial charge is 0.444 e. The van der Waals surface area contributed by atoms with Crippen LogP contribution in [0, 0.1) is 5.41 Å². The number of carbonyl (C=O) groups excluding carboxylic acids is 1. The molecule has 2 aliphatic rings. The van der Waals surface area contributed by atoms with E-state index in [-0.39, 0.29) is 11.5 Å². The van der Waals surface area contributed by atoms with E-state index in [0.717, 1.165) is 0 Å². The van der Waals surface area contributed by atoms with Crippen LogP contribution in [0.25, 0.3) is 5.57 Å². The molecule has 1 aromatic heterocycles. The van der Waals surface area contributed by atoms with Gasteiger partial charge >= 0.3 is 6.09 Å². The van der Waals surface area contributed by atoms with Crippen LogP contribution in [-0.2, 0) is 4.74 Å². The van der Waals surface area contributed by atoms with Crippen molar-refractivity contribution in [3.63, 3.8) is 0 Å². The molecule has 0 bridgehead atoms. The summed E-state index contributed by atoms with van der Waals surface area (Å²) in [6.07, 6.45) is 6.23. The Balaban J connectivity index is 1.81. The lowest BCUT2D eigenvalue weighted by molar-refractivity contribution is 0.0219. The van der Waals surface area contributed by atoms with Crippen LogP contribution >= 0.6 is 0 Å². The van der Waals surface area contributed by atoms with E-state index < -0.39 is 5.60 Å². The van der Waals surface area contributed by atoms with E-state index >= 15 is 0 Å². The number of hydrogen-bond acceptors (Lipinski definition) is 3. The summed E-state index contributed by atoms with van der Waals surface area (Å²) in [7, 11) is 0. The van der Waals surface area contributed by atoms with E-state index in [4.69, 9.17) is 4.74 Å². The minimum Gasteiger partial charge on any atom is -0.444 e. The topological polar surface area (TPSA) is 47.4 Å². The van der Waals surface area contributed by atoms with E-state index in [1.54, 1.807) is 4.90 Å². The first-order chi connectivity index (χ1) is 10.7. The molecular formula is C18H27N3O2. The van der Waals surface area contributed by atoms with Gasteiger partial charge in [-0.2, -0.15) is 5.10 Å². The van der Waals surface area contributed by atoms with Gasteiger partial charge in [0.05, 0.1) is 11.7 Å². The summed E-state index contributed by atoms with van der Waals surface area (Å²) in [5.74, 6) is 0. The van der Waals surface area contributed by atoms with Gasteiger partial charge in [0.15, 0.2) is 0 Å². The summed E-state index contributed by atoms with van der Waals surface area (Å²) < 4.78 is 7.66. The Labute approximate surface area is 138 Å². The van der Waals surface area contributed by atoms with E-state index in [9.17, 15) is 4.79 Å². The summed E-state index contributed by atoms with van der Waals surface area (Å²) in [5.41, 5.74) is 1.89. The molecule has 1 aliphatic carbocycles. The molecule has 0 saturated heterocycles. The van der Waals surface area contributed by atoms with Crippen molar-refractivity contribution in [1.82, 2.24) is 14.7 Å². The number of aromatic nitrogens is 2. The highest BCUT2D eigenvalue weighted by Gasteiger charge is 2.37. The first-order valence-electron chi connectivity index (χ1n) is 8.40.